The van der Waals surface area contributed by atoms with Crippen molar-refractivity contribution in [1.29, 1.82) is 0 Å². The van der Waals surface area contributed by atoms with Crippen LogP contribution in [-0.2, 0) is 0 Å². The van der Waals surface area contributed by atoms with Crippen LogP contribution in [0.5, 0.6) is 0 Å². The molecule has 0 aromatic rings. The third-order valence-electron chi connectivity index (χ3n) is 4.09. The molecule has 0 radical (unpaired) electrons. The van der Waals surface area contributed by atoms with E-state index < -0.39 is 0 Å². The topological polar surface area (TPSA) is 20.2 Å². The van der Waals surface area contributed by atoms with Gasteiger partial charge in [0, 0.05) is 0 Å². The highest BCUT2D eigenvalue weighted by Crippen LogP contribution is 2.41. The van der Waals surface area contributed by atoms with Crippen molar-refractivity contribution in [2.24, 2.45) is 22.7 Å². The molecule has 0 aliphatic heterocycles. The molecule has 0 aromatic heterocycles. The van der Waals surface area contributed by atoms with Gasteiger partial charge in [-0.25, -0.2) is 0 Å². The fraction of sp³-hybridized carbons (Fsp3) is 1.00. The molecule has 1 nitrogen and oxygen atoms in total. The van der Waals surface area contributed by atoms with Crippen molar-refractivity contribution in [3.05, 3.63) is 0 Å². The summed E-state index contributed by atoms with van der Waals surface area (Å²) in [6.45, 7) is 17.9. The van der Waals surface area contributed by atoms with Gasteiger partial charge in [0.15, 0.2) is 0 Å². The maximum Gasteiger partial charge on any atom is 0.0606 e. The quantitative estimate of drug-likeness (QED) is 0.728. The fourth-order valence-electron chi connectivity index (χ4n) is 3.07. The zero-order chi connectivity index (χ0) is 13.9. The van der Waals surface area contributed by atoms with E-state index in [9.17, 15) is 5.11 Å². The highest BCUT2D eigenvalue weighted by molar-refractivity contribution is 4.88. The zero-order valence-corrected chi connectivity index (χ0v) is 13.3. The predicted octanol–water partition coefficient (Wildman–Crippen LogP) is 4.88. The molecule has 0 saturated heterocycles. The number of aliphatic hydroxyl groups is 1. The Hall–Kier alpha value is -0.0400. The number of rotatable bonds is 5. The van der Waals surface area contributed by atoms with Crippen molar-refractivity contribution in [3.63, 3.8) is 0 Å². The number of hydrogen-bond donors (Lipinski definition) is 1. The standard InChI is InChI=1S/C16H34O/c1-9-11-13(16(6,7)8)14(17)12(10-2)15(3,4)5/h12-14,17H,9-11H2,1-8H3. The predicted molar refractivity (Wildman–Crippen MR) is 77.1 cm³/mol. The van der Waals surface area contributed by atoms with Gasteiger partial charge in [0.25, 0.3) is 0 Å². The molecule has 1 heteroatoms. The average Bonchev–Trinajstić information content (AvgIpc) is 2.10. The van der Waals surface area contributed by atoms with Gasteiger partial charge in [-0.15, -0.1) is 0 Å². The minimum Gasteiger partial charge on any atom is -0.393 e. The van der Waals surface area contributed by atoms with Crippen LogP contribution in [0.3, 0.4) is 0 Å². The smallest absolute Gasteiger partial charge is 0.0606 e. The second-order valence-corrected chi connectivity index (χ2v) is 7.63. The van der Waals surface area contributed by atoms with Crippen molar-refractivity contribution < 1.29 is 5.11 Å². The average molecular weight is 242 g/mol. The molecule has 0 saturated carbocycles. The maximum absolute atomic E-state index is 10.8. The molecule has 0 aliphatic carbocycles. The molecule has 0 aliphatic rings. The van der Waals surface area contributed by atoms with Crippen LogP contribution in [0.2, 0.25) is 0 Å². The highest BCUT2D eigenvalue weighted by Gasteiger charge is 2.38. The second-order valence-electron chi connectivity index (χ2n) is 7.63. The van der Waals surface area contributed by atoms with Crippen molar-refractivity contribution >= 4 is 0 Å². The summed E-state index contributed by atoms with van der Waals surface area (Å²) in [6.07, 6.45) is 3.15. The van der Waals surface area contributed by atoms with E-state index in [1.807, 2.05) is 0 Å². The molecule has 0 rings (SSSR count). The SMILES string of the molecule is CCCC(C(O)C(CC)C(C)(C)C)C(C)(C)C. The van der Waals surface area contributed by atoms with E-state index in [0.29, 0.717) is 11.8 Å². The van der Waals surface area contributed by atoms with Gasteiger partial charge in [-0.1, -0.05) is 68.2 Å². The Labute approximate surface area is 109 Å². The van der Waals surface area contributed by atoms with E-state index >= 15 is 0 Å². The Bertz CT molecular complexity index is 207. The molecule has 0 heterocycles. The molecule has 3 atom stereocenters. The molecule has 0 fully saturated rings. The van der Waals surface area contributed by atoms with Crippen molar-refractivity contribution in [3.8, 4) is 0 Å². The largest absolute Gasteiger partial charge is 0.393 e. The number of aliphatic hydroxyl groups excluding tert-OH is 1. The Morgan fingerprint density at radius 3 is 1.47 bits per heavy atom. The van der Waals surface area contributed by atoms with E-state index in [4.69, 9.17) is 0 Å². The Morgan fingerprint density at radius 1 is 0.824 bits per heavy atom. The first-order valence-electron chi connectivity index (χ1n) is 7.23. The third-order valence-corrected chi connectivity index (χ3v) is 4.09. The summed E-state index contributed by atoms with van der Waals surface area (Å²) < 4.78 is 0. The van der Waals surface area contributed by atoms with Gasteiger partial charge in [-0.2, -0.15) is 0 Å². The van der Waals surface area contributed by atoms with Gasteiger partial charge in [0.05, 0.1) is 6.10 Å². The minimum atomic E-state index is -0.181. The molecular weight excluding hydrogens is 208 g/mol. The lowest BCUT2D eigenvalue weighted by atomic mass is 9.65. The molecule has 1 N–H and O–H groups in total. The van der Waals surface area contributed by atoms with Crippen molar-refractivity contribution in [2.45, 2.75) is 80.8 Å². The molecule has 3 unspecified atom stereocenters. The van der Waals surface area contributed by atoms with Crippen molar-refractivity contribution in [2.75, 3.05) is 0 Å². The van der Waals surface area contributed by atoms with E-state index in [1.165, 1.54) is 0 Å². The van der Waals surface area contributed by atoms with E-state index in [0.717, 1.165) is 19.3 Å². The molecule has 104 valence electrons. The first-order valence-corrected chi connectivity index (χ1v) is 7.23. The first kappa shape index (κ1) is 17.0. The lowest BCUT2D eigenvalue weighted by molar-refractivity contribution is -0.0418. The van der Waals surface area contributed by atoms with Gasteiger partial charge >= 0.3 is 0 Å². The molecule has 0 aromatic carbocycles. The van der Waals surface area contributed by atoms with Gasteiger partial charge in [0.1, 0.15) is 0 Å². The second kappa shape index (κ2) is 6.22. The minimum absolute atomic E-state index is 0.181. The van der Waals surface area contributed by atoms with Crippen LogP contribution in [0.1, 0.15) is 74.7 Å². The molecule has 0 spiro atoms. The van der Waals surface area contributed by atoms with Gasteiger partial charge in [0.2, 0.25) is 0 Å². The van der Waals surface area contributed by atoms with E-state index in [1.54, 1.807) is 0 Å². The molecule has 17 heavy (non-hydrogen) atoms. The Kier molecular flexibility index (Phi) is 6.21. The van der Waals surface area contributed by atoms with Gasteiger partial charge in [-0.3, -0.25) is 0 Å². The van der Waals surface area contributed by atoms with E-state index in [-0.39, 0.29) is 16.9 Å². The summed E-state index contributed by atoms with van der Waals surface area (Å²) in [5, 5.41) is 10.8. The van der Waals surface area contributed by atoms with Gasteiger partial charge < -0.3 is 5.11 Å². The molecular formula is C16H34O. The third kappa shape index (κ3) is 4.99. The van der Waals surface area contributed by atoms with Crippen LogP contribution >= 0.6 is 0 Å². The normalized spacial score (nSPS) is 18.9. The summed E-state index contributed by atoms with van der Waals surface area (Å²) in [4.78, 5) is 0. The zero-order valence-electron chi connectivity index (χ0n) is 13.3. The van der Waals surface area contributed by atoms with Gasteiger partial charge in [-0.05, 0) is 29.1 Å². The van der Waals surface area contributed by atoms with Crippen LogP contribution in [0.15, 0.2) is 0 Å². The Morgan fingerprint density at radius 2 is 1.24 bits per heavy atom. The summed E-state index contributed by atoms with van der Waals surface area (Å²) in [6, 6.07) is 0. The molecule has 0 bridgehead atoms. The summed E-state index contributed by atoms with van der Waals surface area (Å²) in [5.74, 6) is 0.787. The van der Waals surface area contributed by atoms with Crippen LogP contribution < -0.4 is 0 Å². The molecule has 0 amide bonds. The first-order chi connectivity index (χ1) is 7.55. The van der Waals surface area contributed by atoms with Crippen LogP contribution in [0.25, 0.3) is 0 Å². The van der Waals surface area contributed by atoms with E-state index in [2.05, 4.69) is 55.4 Å². The fourth-order valence-corrected chi connectivity index (χ4v) is 3.07. The van der Waals surface area contributed by atoms with Crippen LogP contribution in [0.4, 0.5) is 0 Å². The lowest BCUT2D eigenvalue weighted by Crippen LogP contribution is -2.42. The maximum atomic E-state index is 10.8. The van der Waals surface area contributed by atoms with Crippen LogP contribution in [-0.4, -0.2) is 11.2 Å². The van der Waals surface area contributed by atoms with Crippen molar-refractivity contribution in [1.82, 2.24) is 0 Å². The lowest BCUT2D eigenvalue weighted by Gasteiger charge is -2.42. The van der Waals surface area contributed by atoms with Crippen LogP contribution in [0, 0.1) is 22.7 Å². The Balaban J connectivity index is 4.99. The highest BCUT2D eigenvalue weighted by atomic mass is 16.3. The summed E-state index contributed by atoms with van der Waals surface area (Å²) >= 11 is 0. The summed E-state index contributed by atoms with van der Waals surface area (Å²) in [5.41, 5.74) is 0.375. The monoisotopic (exact) mass is 242 g/mol. The summed E-state index contributed by atoms with van der Waals surface area (Å²) in [7, 11) is 0. The number of hydrogen-bond acceptors (Lipinski definition) is 1.